The fourth-order valence-electron chi connectivity index (χ4n) is 4.81. The van der Waals surface area contributed by atoms with Crippen LogP contribution >= 0.6 is 0 Å². The lowest BCUT2D eigenvalue weighted by atomic mass is 9.80. The summed E-state index contributed by atoms with van der Waals surface area (Å²) in [6.07, 6.45) is 9.37. The summed E-state index contributed by atoms with van der Waals surface area (Å²) in [7, 11) is 0. The molecule has 1 aliphatic carbocycles. The number of rotatable bonds is 10. The summed E-state index contributed by atoms with van der Waals surface area (Å²) in [5.74, 6) is 0.0124. The van der Waals surface area contributed by atoms with Gasteiger partial charge in [0.25, 0.3) is 0 Å². The normalized spacial score (nSPS) is 21.9. The van der Waals surface area contributed by atoms with Gasteiger partial charge in [-0.15, -0.1) is 0 Å². The minimum atomic E-state index is -0.758. The summed E-state index contributed by atoms with van der Waals surface area (Å²) in [5.41, 5.74) is -0.488. The Morgan fingerprint density at radius 3 is 2.29 bits per heavy atom. The minimum absolute atomic E-state index is 0.0720. The van der Waals surface area contributed by atoms with Crippen molar-refractivity contribution in [3.8, 4) is 0 Å². The number of ketones is 1. The molecule has 7 nitrogen and oxygen atoms in total. The van der Waals surface area contributed by atoms with E-state index in [4.69, 9.17) is 0 Å². The van der Waals surface area contributed by atoms with E-state index in [1.165, 1.54) is 6.42 Å². The highest BCUT2D eigenvalue weighted by Crippen LogP contribution is 2.30. The third-order valence-electron chi connectivity index (χ3n) is 7.21. The number of carbonyl (C=O) groups is 4. The first-order valence-electron chi connectivity index (χ1n) is 12.1. The highest BCUT2D eigenvalue weighted by Gasteiger charge is 2.41. The van der Waals surface area contributed by atoms with Gasteiger partial charge in [-0.3, -0.25) is 9.59 Å². The monoisotopic (exact) mass is 435 g/mol. The Morgan fingerprint density at radius 2 is 1.71 bits per heavy atom. The molecule has 2 fully saturated rings. The van der Waals surface area contributed by atoms with Gasteiger partial charge in [-0.1, -0.05) is 47.0 Å². The van der Waals surface area contributed by atoms with Gasteiger partial charge in [-0.05, 0) is 49.9 Å². The van der Waals surface area contributed by atoms with Gasteiger partial charge >= 0.3 is 6.03 Å². The highest BCUT2D eigenvalue weighted by atomic mass is 16.2. The zero-order chi connectivity index (χ0) is 23.0. The average molecular weight is 436 g/mol. The van der Waals surface area contributed by atoms with Crippen molar-refractivity contribution in [2.45, 2.75) is 110 Å². The van der Waals surface area contributed by atoms with Crippen molar-refractivity contribution in [1.29, 1.82) is 0 Å². The first-order valence-corrected chi connectivity index (χ1v) is 12.1. The average Bonchev–Trinajstić information content (AvgIpc) is 3.25. The quantitative estimate of drug-likeness (QED) is 0.513. The summed E-state index contributed by atoms with van der Waals surface area (Å²) < 4.78 is 0. The van der Waals surface area contributed by atoms with E-state index in [9.17, 15) is 19.2 Å². The van der Waals surface area contributed by atoms with Crippen LogP contribution in [0.5, 0.6) is 0 Å². The van der Waals surface area contributed by atoms with Crippen LogP contribution in [0.2, 0.25) is 0 Å². The van der Waals surface area contributed by atoms with Crippen molar-refractivity contribution in [2.75, 3.05) is 6.54 Å². The Bertz CT molecular complexity index is 643. The van der Waals surface area contributed by atoms with Crippen molar-refractivity contribution >= 4 is 24.0 Å². The van der Waals surface area contributed by atoms with Crippen LogP contribution in [0.1, 0.15) is 91.9 Å². The Labute approximate surface area is 187 Å². The number of carbonyl (C=O) groups excluding carboxylic acids is 4. The van der Waals surface area contributed by atoms with Crippen LogP contribution in [0.3, 0.4) is 0 Å². The van der Waals surface area contributed by atoms with Crippen LogP contribution in [-0.4, -0.2) is 53.6 Å². The van der Waals surface area contributed by atoms with Crippen molar-refractivity contribution in [2.24, 2.45) is 11.3 Å². The van der Waals surface area contributed by atoms with E-state index < -0.39 is 29.6 Å². The predicted octanol–water partition coefficient (Wildman–Crippen LogP) is 3.60. The van der Waals surface area contributed by atoms with Gasteiger partial charge < -0.3 is 20.3 Å². The summed E-state index contributed by atoms with van der Waals surface area (Å²) in [6.45, 7) is 8.37. The Hall–Kier alpha value is -1.92. The molecule has 3 amide bonds. The molecule has 1 saturated carbocycles. The van der Waals surface area contributed by atoms with E-state index in [0.29, 0.717) is 25.8 Å². The Kier molecular flexibility index (Phi) is 9.51. The second-order valence-corrected chi connectivity index (χ2v) is 9.86. The zero-order valence-electron chi connectivity index (χ0n) is 19.7. The number of Topliss-reactive ketones (excluding diaryl/α,β-unsaturated/α-hetero) is 1. The van der Waals surface area contributed by atoms with Crippen molar-refractivity contribution in [3.05, 3.63) is 0 Å². The van der Waals surface area contributed by atoms with Crippen molar-refractivity contribution < 1.29 is 19.2 Å². The lowest BCUT2D eigenvalue weighted by molar-refractivity contribution is -0.139. The number of likely N-dealkylation sites (tertiary alicyclic amines) is 1. The molecular weight excluding hydrogens is 394 g/mol. The summed E-state index contributed by atoms with van der Waals surface area (Å²) in [4.78, 5) is 52.2. The maximum absolute atomic E-state index is 13.3. The molecule has 3 unspecified atom stereocenters. The van der Waals surface area contributed by atoms with E-state index in [2.05, 4.69) is 10.6 Å². The molecule has 0 bridgehead atoms. The topological polar surface area (TPSA) is 95.6 Å². The van der Waals surface area contributed by atoms with E-state index >= 15 is 0 Å². The number of hydrogen-bond donors (Lipinski definition) is 2. The molecular formula is C24H41N3O4. The Balaban J connectivity index is 2.16. The highest BCUT2D eigenvalue weighted by molar-refractivity contribution is 5.92. The summed E-state index contributed by atoms with van der Waals surface area (Å²) >= 11 is 0. The van der Waals surface area contributed by atoms with Gasteiger partial charge in [0.1, 0.15) is 12.3 Å². The molecule has 0 radical (unpaired) electrons. The second-order valence-electron chi connectivity index (χ2n) is 9.86. The number of nitrogens with one attached hydrogen (secondary N) is 2. The van der Waals surface area contributed by atoms with Crippen LogP contribution in [0, 0.1) is 11.3 Å². The standard InChI is InChI=1S/C24H41N3O4/c1-5-11-19(29)20(17-12-8-7-9-13-17)25-23(31)26-21(24(3,4)6-2)22(30)27-15-10-14-18(27)16-28/h16-18,20-21H,5-15H2,1-4H3,(H2,25,26,31). The lowest BCUT2D eigenvalue weighted by Crippen LogP contribution is -2.60. The molecule has 7 heteroatoms. The molecule has 1 aliphatic heterocycles. The van der Waals surface area contributed by atoms with Gasteiger partial charge in [0, 0.05) is 13.0 Å². The van der Waals surface area contributed by atoms with Gasteiger partial charge in [0.2, 0.25) is 5.91 Å². The number of aldehydes is 1. The number of nitrogens with zero attached hydrogens (tertiary/aromatic N) is 1. The molecule has 1 heterocycles. The SMILES string of the molecule is CCCC(=O)C(NC(=O)NC(C(=O)N1CCCC1C=O)C(C)(C)CC)C1CCCCC1. The maximum atomic E-state index is 13.3. The predicted molar refractivity (Wildman–Crippen MR) is 121 cm³/mol. The van der Waals surface area contributed by atoms with E-state index in [1.807, 2.05) is 27.7 Å². The number of amides is 3. The molecule has 0 aromatic carbocycles. The molecule has 2 rings (SSSR count). The molecule has 3 atom stereocenters. The maximum Gasteiger partial charge on any atom is 0.316 e. The molecule has 0 aromatic rings. The molecule has 31 heavy (non-hydrogen) atoms. The third kappa shape index (κ3) is 6.53. The number of urea groups is 1. The molecule has 2 N–H and O–H groups in total. The first-order chi connectivity index (χ1) is 14.7. The second kappa shape index (κ2) is 11.6. The van der Waals surface area contributed by atoms with E-state index in [-0.39, 0.29) is 17.6 Å². The zero-order valence-corrected chi connectivity index (χ0v) is 19.7. The van der Waals surface area contributed by atoms with Crippen LogP contribution in [-0.2, 0) is 14.4 Å². The van der Waals surface area contributed by atoms with Crippen LogP contribution < -0.4 is 10.6 Å². The first kappa shape index (κ1) is 25.3. The largest absolute Gasteiger partial charge is 0.331 e. The summed E-state index contributed by atoms with van der Waals surface area (Å²) in [5, 5.41) is 5.82. The number of hydrogen-bond acceptors (Lipinski definition) is 4. The smallest absolute Gasteiger partial charge is 0.316 e. The fourth-order valence-corrected chi connectivity index (χ4v) is 4.81. The fraction of sp³-hybridized carbons (Fsp3) is 0.833. The van der Waals surface area contributed by atoms with E-state index in [0.717, 1.165) is 44.8 Å². The molecule has 1 saturated heterocycles. The van der Waals surface area contributed by atoms with Crippen LogP contribution in [0.25, 0.3) is 0 Å². The molecule has 0 aromatic heterocycles. The van der Waals surface area contributed by atoms with Gasteiger partial charge in [-0.25, -0.2) is 4.79 Å². The minimum Gasteiger partial charge on any atom is -0.331 e. The van der Waals surface area contributed by atoms with Crippen LogP contribution in [0.15, 0.2) is 0 Å². The molecule has 176 valence electrons. The van der Waals surface area contributed by atoms with Gasteiger partial charge in [0.15, 0.2) is 5.78 Å². The summed E-state index contributed by atoms with van der Waals surface area (Å²) in [6, 6.07) is -2.16. The molecule has 2 aliphatic rings. The lowest BCUT2D eigenvalue weighted by Gasteiger charge is -2.37. The third-order valence-corrected chi connectivity index (χ3v) is 7.21. The molecule has 0 spiro atoms. The van der Waals surface area contributed by atoms with Crippen molar-refractivity contribution in [3.63, 3.8) is 0 Å². The van der Waals surface area contributed by atoms with Gasteiger partial charge in [0.05, 0.1) is 12.1 Å². The van der Waals surface area contributed by atoms with Gasteiger partial charge in [-0.2, -0.15) is 0 Å². The van der Waals surface area contributed by atoms with Crippen LogP contribution in [0.4, 0.5) is 4.79 Å². The van der Waals surface area contributed by atoms with E-state index in [1.54, 1.807) is 4.90 Å². The van der Waals surface area contributed by atoms with Crippen molar-refractivity contribution in [1.82, 2.24) is 15.5 Å². The Morgan fingerprint density at radius 1 is 1.03 bits per heavy atom.